The van der Waals surface area contributed by atoms with E-state index in [1.54, 1.807) is 51.1 Å². The van der Waals surface area contributed by atoms with Crippen LogP contribution >= 0.6 is 11.8 Å². The Morgan fingerprint density at radius 2 is 1.56 bits per heavy atom. The molecule has 4 fully saturated rings. The highest BCUT2D eigenvalue weighted by atomic mass is 32.2. The molecule has 6 rings (SSSR count). The molecule has 2 N–H and O–H groups in total. The normalized spacial score (nSPS) is 26.4. The number of rotatable bonds is 12. The van der Waals surface area contributed by atoms with Crippen molar-refractivity contribution in [3.05, 3.63) is 69.8 Å². The number of nitrogens with one attached hydrogen (secondary N) is 2. The molecule has 1 aromatic carbocycles. The minimum absolute atomic E-state index is 0.236. The van der Waals surface area contributed by atoms with Crippen molar-refractivity contribution in [1.29, 1.82) is 0 Å². The van der Waals surface area contributed by atoms with Gasteiger partial charge >= 0.3 is 23.7 Å². The lowest BCUT2D eigenvalue weighted by molar-refractivity contribution is -0.165. The van der Waals surface area contributed by atoms with Crippen molar-refractivity contribution in [2.45, 2.75) is 98.7 Å². The maximum atomic E-state index is 13.6. The number of nitrogens with zero attached hydrogens (tertiary/aromatic N) is 2. The van der Waals surface area contributed by atoms with Gasteiger partial charge in [-0.3, -0.25) is 14.4 Å². The van der Waals surface area contributed by atoms with Crippen molar-refractivity contribution >= 4 is 57.2 Å². The molecule has 54 heavy (non-hydrogen) atoms. The number of sulfone groups is 1. The molecule has 0 saturated carbocycles. The first-order valence-electron chi connectivity index (χ1n) is 16.7. The van der Waals surface area contributed by atoms with Crippen LogP contribution in [0.25, 0.3) is 0 Å². The molecule has 4 saturated heterocycles. The van der Waals surface area contributed by atoms with Crippen LogP contribution in [0.3, 0.4) is 0 Å². The van der Waals surface area contributed by atoms with Gasteiger partial charge in [-0.1, -0.05) is 30.3 Å². The molecule has 5 heterocycles. The van der Waals surface area contributed by atoms with Crippen LogP contribution in [0.2, 0.25) is 0 Å². The van der Waals surface area contributed by atoms with Crippen molar-refractivity contribution in [1.82, 2.24) is 20.4 Å². The van der Waals surface area contributed by atoms with Crippen molar-refractivity contribution in [2.24, 2.45) is 0 Å². The molecule has 0 bridgehead atoms. The standard InChI is InChI=1S/C34H38N4O14S2/c1-16(12-22(40)48-6)35-23(17-10-8-7-9-11-17)27(41)36-24-28(42)38-25(33(2,3)53-29(24)38)30(43)49-14-18-19(52-32(45)51-18)15-50-31(44)26-34(4,5)54(46,47)21-13-20(39)37(21)26/h7-12,21,23-26,29,35H,13-15H2,1-6H3,(H,36,41)/b16-12+/t21-,23?,24?,25+,26+,29-/m1/s1. The van der Waals surface area contributed by atoms with Crippen LogP contribution in [-0.4, -0.2) is 99.3 Å². The molecule has 1 aromatic heterocycles. The Hall–Kier alpha value is -5.11. The number of hydrogen-bond donors (Lipinski definition) is 2. The Bertz CT molecular complexity index is 2110. The summed E-state index contributed by atoms with van der Waals surface area (Å²) >= 11 is 1.27. The van der Waals surface area contributed by atoms with E-state index in [4.69, 9.17) is 18.3 Å². The van der Waals surface area contributed by atoms with E-state index in [9.17, 15) is 42.0 Å². The Morgan fingerprint density at radius 1 is 0.963 bits per heavy atom. The van der Waals surface area contributed by atoms with Gasteiger partial charge in [0.05, 0.1) is 18.3 Å². The molecular formula is C34H38N4O14S2. The number of benzene rings is 1. The maximum Gasteiger partial charge on any atom is 0.519 e. The molecule has 0 spiro atoms. The summed E-state index contributed by atoms with van der Waals surface area (Å²) in [6.45, 7) is 6.33. The second kappa shape index (κ2) is 13.9. The van der Waals surface area contributed by atoms with Gasteiger partial charge in [0.25, 0.3) is 0 Å². The second-order valence-electron chi connectivity index (χ2n) is 14.1. The first-order chi connectivity index (χ1) is 25.3. The van der Waals surface area contributed by atoms with Crippen LogP contribution in [0.1, 0.15) is 64.2 Å². The summed E-state index contributed by atoms with van der Waals surface area (Å²) in [5.74, 6) is -5.94. The number of hydrogen-bond acceptors (Lipinski definition) is 16. The molecule has 6 atom stereocenters. The zero-order valence-electron chi connectivity index (χ0n) is 30.0. The maximum absolute atomic E-state index is 13.6. The number of fused-ring (bicyclic) bond motifs is 2. The van der Waals surface area contributed by atoms with E-state index < -0.39 is 109 Å². The lowest BCUT2D eigenvalue weighted by Gasteiger charge is -2.44. The number of esters is 3. The van der Waals surface area contributed by atoms with E-state index in [2.05, 4.69) is 15.4 Å². The van der Waals surface area contributed by atoms with Crippen LogP contribution < -0.4 is 16.5 Å². The largest absolute Gasteiger partial charge is 0.519 e. The predicted molar refractivity (Wildman–Crippen MR) is 185 cm³/mol. The fourth-order valence-corrected chi connectivity index (χ4v) is 10.8. The lowest BCUT2D eigenvalue weighted by Crippen LogP contribution is -2.71. The van der Waals surface area contributed by atoms with E-state index in [0.29, 0.717) is 11.3 Å². The van der Waals surface area contributed by atoms with Gasteiger partial charge < -0.3 is 43.5 Å². The molecule has 4 aliphatic rings. The topological polar surface area (TPSA) is 238 Å². The highest BCUT2D eigenvalue weighted by Crippen LogP contribution is 2.51. The fourth-order valence-electron chi connectivity index (χ4n) is 7.01. The molecule has 18 nitrogen and oxygen atoms in total. The average Bonchev–Trinajstić information content (AvgIpc) is 3.64. The molecular weight excluding hydrogens is 753 g/mol. The highest BCUT2D eigenvalue weighted by Gasteiger charge is 2.68. The number of carbonyl (C=O) groups is 6. The SMILES string of the molecule is COC(=O)/C=C(\C)NC(C(=O)NC1C(=O)N2[C@@H]1SC(C)(C)[C@@H]2C(=O)OCc1oc(=O)oc1COC(=O)[C@@H]1N2C(=O)C[C@H]2S(=O)(=O)C1(C)C)c1ccccc1. The van der Waals surface area contributed by atoms with E-state index in [0.717, 1.165) is 4.90 Å². The number of ether oxygens (including phenoxy) is 3. The molecule has 4 aliphatic heterocycles. The number of β-lactam (4-membered cyclic amide) rings is 2. The number of thioether (sulfide) groups is 1. The Morgan fingerprint density at radius 3 is 2.13 bits per heavy atom. The van der Waals surface area contributed by atoms with Crippen molar-refractivity contribution in [3.63, 3.8) is 0 Å². The first kappa shape index (κ1) is 38.6. The number of carbonyl (C=O) groups excluding carboxylic acids is 6. The summed E-state index contributed by atoms with van der Waals surface area (Å²) in [5.41, 5.74) is 0.906. The van der Waals surface area contributed by atoms with Gasteiger partial charge in [0.15, 0.2) is 34.6 Å². The summed E-state index contributed by atoms with van der Waals surface area (Å²) < 4.78 is 48.6. The third-order valence-electron chi connectivity index (χ3n) is 9.88. The van der Waals surface area contributed by atoms with Gasteiger partial charge in [0, 0.05) is 16.5 Å². The third kappa shape index (κ3) is 6.54. The van der Waals surface area contributed by atoms with E-state index >= 15 is 0 Å². The molecule has 2 unspecified atom stereocenters. The van der Waals surface area contributed by atoms with Crippen LogP contribution in [0.5, 0.6) is 0 Å². The van der Waals surface area contributed by atoms with Gasteiger partial charge in [-0.15, -0.1) is 11.8 Å². The van der Waals surface area contributed by atoms with Gasteiger partial charge in [-0.05, 0) is 40.2 Å². The molecule has 3 amide bonds. The average molecular weight is 791 g/mol. The Balaban J connectivity index is 1.09. The molecule has 290 valence electrons. The summed E-state index contributed by atoms with van der Waals surface area (Å²) in [5, 5.41) is 3.99. The zero-order valence-corrected chi connectivity index (χ0v) is 31.6. The van der Waals surface area contributed by atoms with Gasteiger partial charge in [-0.2, -0.15) is 0 Å². The molecule has 2 aromatic rings. The van der Waals surface area contributed by atoms with Crippen LogP contribution in [-0.2, 0) is 66.0 Å². The minimum Gasteiger partial charge on any atom is -0.466 e. The van der Waals surface area contributed by atoms with Crippen LogP contribution in [0.4, 0.5) is 0 Å². The number of methoxy groups -OCH3 is 1. The quantitative estimate of drug-likeness (QED) is 0.128. The summed E-state index contributed by atoms with van der Waals surface area (Å²) in [6.07, 6.45) is 0.950. The number of amides is 3. The monoisotopic (exact) mass is 790 g/mol. The van der Waals surface area contributed by atoms with Crippen LogP contribution in [0.15, 0.2) is 55.7 Å². The fraction of sp³-hybridized carbons (Fsp3) is 0.500. The summed E-state index contributed by atoms with van der Waals surface area (Å²) in [7, 11) is -2.65. The second-order valence-corrected chi connectivity index (χ2v) is 18.6. The Kier molecular flexibility index (Phi) is 9.97. The van der Waals surface area contributed by atoms with E-state index in [1.165, 1.54) is 43.7 Å². The Labute approximate surface area is 312 Å². The van der Waals surface area contributed by atoms with Crippen LogP contribution in [0, 0.1) is 0 Å². The third-order valence-corrected chi connectivity index (χ3v) is 14.3. The van der Waals surface area contributed by atoms with E-state index in [1.807, 2.05) is 0 Å². The van der Waals surface area contributed by atoms with E-state index in [-0.39, 0.29) is 17.9 Å². The zero-order chi connectivity index (χ0) is 39.5. The predicted octanol–water partition coefficient (Wildman–Crippen LogP) is 0.408. The minimum atomic E-state index is -3.87. The molecule has 0 aliphatic carbocycles. The summed E-state index contributed by atoms with van der Waals surface area (Å²) in [4.78, 5) is 92.0. The molecule has 0 radical (unpaired) electrons. The lowest BCUT2D eigenvalue weighted by atomic mass is 9.95. The first-order valence-corrected chi connectivity index (χ1v) is 19.1. The smallest absolute Gasteiger partial charge is 0.466 e. The van der Waals surface area contributed by atoms with Gasteiger partial charge in [0.2, 0.25) is 17.7 Å². The van der Waals surface area contributed by atoms with Crippen molar-refractivity contribution < 1.29 is 60.2 Å². The number of allylic oxidation sites excluding steroid dienone is 1. The van der Waals surface area contributed by atoms with Gasteiger partial charge in [0.1, 0.15) is 34.9 Å². The summed E-state index contributed by atoms with van der Waals surface area (Å²) in [6, 6.07) is 4.13. The van der Waals surface area contributed by atoms with Crippen molar-refractivity contribution in [2.75, 3.05) is 7.11 Å². The molecule has 20 heteroatoms. The van der Waals surface area contributed by atoms with Gasteiger partial charge in [-0.25, -0.2) is 27.6 Å². The highest BCUT2D eigenvalue weighted by molar-refractivity contribution is 8.01. The van der Waals surface area contributed by atoms with Crippen molar-refractivity contribution in [3.8, 4) is 0 Å².